The van der Waals surface area contributed by atoms with E-state index in [1.807, 2.05) is 6.07 Å². The molecule has 0 fully saturated rings. The molecular formula is C9H5ClN3O. The van der Waals surface area contributed by atoms with Gasteiger partial charge in [0.25, 0.3) is 6.08 Å². The molecule has 5 heteroatoms. The van der Waals surface area contributed by atoms with E-state index >= 15 is 0 Å². The van der Waals surface area contributed by atoms with E-state index in [9.17, 15) is 4.79 Å². The maximum Gasteiger partial charge on any atom is 0.260 e. The van der Waals surface area contributed by atoms with Gasteiger partial charge in [0.05, 0.1) is 17.1 Å². The summed E-state index contributed by atoms with van der Waals surface area (Å²) in [5, 5.41) is 8.33. The van der Waals surface area contributed by atoms with Gasteiger partial charge in [0.15, 0.2) is 0 Å². The largest absolute Gasteiger partial charge is 0.260 e. The summed E-state index contributed by atoms with van der Waals surface area (Å²) in [7, 11) is 0. The van der Waals surface area contributed by atoms with Crippen molar-refractivity contribution in [2.45, 2.75) is 5.88 Å². The number of carbonyl (C=O) groups excluding carboxylic acids is 1. The summed E-state index contributed by atoms with van der Waals surface area (Å²) in [5.74, 6) is 0.280. The summed E-state index contributed by atoms with van der Waals surface area (Å²) in [5.41, 5.74) is 1.39. The highest BCUT2D eigenvalue weighted by atomic mass is 35.5. The van der Waals surface area contributed by atoms with E-state index < -0.39 is 0 Å². The third kappa shape index (κ3) is 1.31. The Morgan fingerprint density at radius 2 is 2.57 bits per heavy atom. The normalized spacial score (nSPS) is 10.1. The molecule has 1 aromatic heterocycles. The minimum absolute atomic E-state index is 0.280. The molecule has 14 heavy (non-hydrogen) atoms. The Hall–Kier alpha value is -1.64. The van der Waals surface area contributed by atoms with Crippen molar-refractivity contribution in [3.05, 3.63) is 30.0 Å². The van der Waals surface area contributed by atoms with E-state index in [0.29, 0.717) is 11.2 Å². The second-order valence-electron chi connectivity index (χ2n) is 2.60. The fourth-order valence-corrected chi connectivity index (χ4v) is 1.46. The van der Waals surface area contributed by atoms with Gasteiger partial charge in [-0.1, -0.05) is 17.2 Å². The van der Waals surface area contributed by atoms with Crippen LogP contribution in [0.5, 0.6) is 0 Å². The number of hydrogen-bond donors (Lipinski definition) is 0. The van der Waals surface area contributed by atoms with Crippen LogP contribution in [-0.2, 0) is 10.7 Å². The number of alkyl halides is 1. The summed E-state index contributed by atoms with van der Waals surface area (Å²) in [4.78, 5) is 11.3. The van der Waals surface area contributed by atoms with Gasteiger partial charge in [0.1, 0.15) is 0 Å². The van der Waals surface area contributed by atoms with E-state index in [-0.39, 0.29) is 5.88 Å². The molecule has 1 radical (unpaired) electrons. The number of isocyanates is 1. The van der Waals surface area contributed by atoms with Gasteiger partial charge in [0.2, 0.25) is 0 Å². The van der Waals surface area contributed by atoms with Gasteiger partial charge in [-0.05, 0) is 12.1 Å². The lowest BCUT2D eigenvalue weighted by Gasteiger charge is -1.89. The molecule has 0 unspecified atom stereocenters. The van der Waals surface area contributed by atoms with Crippen molar-refractivity contribution < 1.29 is 4.79 Å². The zero-order chi connectivity index (χ0) is 9.97. The van der Waals surface area contributed by atoms with Crippen LogP contribution in [0.25, 0.3) is 10.9 Å². The minimum atomic E-state index is 0.280. The first-order chi connectivity index (χ1) is 6.86. The lowest BCUT2D eigenvalue weighted by Crippen LogP contribution is -1.90. The molecule has 0 bridgehead atoms. The zero-order valence-corrected chi connectivity index (χ0v) is 7.82. The molecule has 0 spiro atoms. The molecule has 1 heterocycles. The predicted molar refractivity (Wildman–Crippen MR) is 51.6 cm³/mol. The smallest absolute Gasteiger partial charge is 0.209 e. The van der Waals surface area contributed by atoms with Crippen LogP contribution in [0.4, 0.5) is 0 Å². The maximum atomic E-state index is 10.1. The summed E-state index contributed by atoms with van der Waals surface area (Å²) < 4.78 is 0. The summed E-state index contributed by atoms with van der Waals surface area (Å²) in [6.45, 7) is 0. The molecule has 0 saturated heterocycles. The third-order valence-electron chi connectivity index (χ3n) is 1.85. The van der Waals surface area contributed by atoms with E-state index in [2.05, 4.69) is 16.3 Å². The highest BCUT2D eigenvalue weighted by Gasteiger charge is 2.07. The molecule has 0 aliphatic heterocycles. The Morgan fingerprint density at radius 1 is 1.71 bits per heavy atom. The molecule has 0 atom stereocenters. The average Bonchev–Trinajstić information content (AvgIpc) is 2.58. The van der Waals surface area contributed by atoms with Gasteiger partial charge in [-0.3, -0.25) is 0 Å². The molecule has 2 aromatic rings. The van der Waals surface area contributed by atoms with Crippen molar-refractivity contribution in [2.75, 3.05) is 0 Å². The number of rotatable bonds is 2. The summed E-state index contributed by atoms with van der Waals surface area (Å²) in [6, 6.07) is 8.16. The summed E-state index contributed by atoms with van der Waals surface area (Å²) in [6.07, 6.45) is 1.43. The van der Waals surface area contributed by atoms with Crippen molar-refractivity contribution in [3.8, 4) is 0 Å². The Balaban J connectivity index is 2.79. The molecule has 0 saturated carbocycles. The standard InChI is InChI=1S/C9H5ClN3O/c10-5-8-7-3-1-2-4-9(7)13(12-8)11-6-14/h1,3-4H,5H2. The highest BCUT2D eigenvalue weighted by Crippen LogP contribution is 2.19. The van der Waals surface area contributed by atoms with Gasteiger partial charge in [0, 0.05) is 5.39 Å². The first-order valence-electron chi connectivity index (χ1n) is 3.88. The van der Waals surface area contributed by atoms with Crippen LogP contribution >= 0.6 is 11.6 Å². The lowest BCUT2D eigenvalue weighted by atomic mass is 10.2. The molecule has 0 N–H and O–H groups in total. The molecule has 69 valence electrons. The number of benzene rings is 1. The molecule has 0 amide bonds. The average molecular weight is 207 g/mol. The third-order valence-corrected chi connectivity index (χ3v) is 2.10. The molecule has 1 aromatic carbocycles. The van der Waals surface area contributed by atoms with Crippen LogP contribution in [0.1, 0.15) is 5.69 Å². The van der Waals surface area contributed by atoms with E-state index in [0.717, 1.165) is 5.39 Å². The van der Waals surface area contributed by atoms with Crippen molar-refractivity contribution in [2.24, 2.45) is 5.10 Å². The van der Waals surface area contributed by atoms with Crippen LogP contribution in [0.15, 0.2) is 23.3 Å². The first-order valence-corrected chi connectivity index (χ1v) is 4.42. The first kappa shape index (κ1) is 8.94. The molecule has 0 aliphatic carbocycles. The number of aromatic nitrogens is 2. The molecule has 4 nitrogen and oxygen atoms in total. The number of hydrogen-bond acceptors (Lipinski definition) is 3. The fraction of sp³-hybridized carbons (Fsp3) is 0.111. The second kappa shape index (κ2) is 3.62. The van der Waals surface area contributed by atoms with Gasteiger partial charge < -0.3 is 0 Å². The van der Waals surface area contributed by atoms with Crippen LogP contribution in [0, 0.1) is 6.07 Å². The van der Waals surface area contributed by atoms with Crippen molar-refractivity contribution in [1.82, 2.24) is 9.89 Å². The van der Waals surface area contributed by atoms with Crippen LogP contribution < -0.4 is 0 Å². The van der Waals surface area contributed by atoms with Crippen LogP contribution in [-0.4, -0.2) is 16.0 Å². The Morgan fingerprint density at radius 3 is 3.29 bits per heavy atom. The molecular weight excluding hydrogens is 202 g/mol. The second-order valence-corrected chi connectivity index (χ2v) is 2.87. The Labute approximate surface area is 84.8 Å². The Kier molecular flexibility index (Phi) is 2.31. The van der Waals surface area contributed by atoms with Crippen molar-refractivity contribution >= 4 is 28.6 Å². The van der Waals surface area contributed by atoms with E-state index in [1.54, 1.807) is 12.1 Å². The van der Waals surface area contributed by atoms with Crippen molar-refractivity contribution in [3.63, 3.8) is 0 Å². The topological polar surface area (TPSA) is 47.2 Å². The van der Waals surface area contributed by atoms with Crippen LogP contribution in [0.3, 0.4) is 0 Å². The monoisotopic (exact) mass is 206 g/mol. The predicted octanol–water partition coefficient (Wildman–Crippen LogP) is 1.67. The van der Waals surface area contributed by atoms with Crippen LogP contribution in [0.2, 0.25) is 0 Å². The maximum absolute atomic E-state index is 10.1. The lowest BCUT2D eigenvalue weighted by molar-refractivity contribution is 0.557. The van der Waals surface area contributed by atoms with Gasteiger partial charge >= 0.3 is 0 Å². The molecule has 0 aliphatic rings. The SMILES string of the molecule is O=C=Nn1nc(CCl)c2cc[c]cc21. The van der Waals surface area contributed by atoms with E-state index in [1.165, 1.54) is 10.9 Å². The van der Waals surface area contributed by atoms with Gasteiger partial charge in [-0.25, -0.2) is 4.79 Å². The number of nitrogens with zero attached hydrogens (tertiary/aromatic N) is 3. The summed E-state index contributed by atoms with van der Waals surface area (Å²) >= 11 is 5.69. The quantitative estimate of drug-likeness (QED) is 0.426. The van der Waals surface area contributed by atoms with Gasteiger partial charge in [-0.2, -0.15) is 5.10 Å². The Bertz CT molecular complexity index is 514. The fourth-order valence-electron chi connectivity index (χ4n) is 1.27. The van der Waals surface area contributed by atoms with Gasteiger partial charge in [-0.15, -0.1) is 16.4 Å². The number of fused-ring (bicyclic) bond motifs is 1. The van der Waals surface area contributed by atoms with Crippen molar-refractivity contribution in [1.29, 1.82) is 0 Å². The zero-order valence-electron chi connectivity index (χ0n) is 7.07. The number of halogens is 1. The minimum Gasteiger partial charge on any atom is -0.209 e. The van der Waals surface area contributed by atoms with E-state index in [4.69, 9.17) is 11.6 Å². The molecule has 2 rings (SSSR count). The highest BCUT2D eigenvalue weighted by molar-refractivity contribution is 6.17.